The molecule has 5 unspecified atom stereocenters. The van der Waals surface area contributed by atoms with E-state index >= 15 is 0 Å². The molecule has 3 fully saturated rings. The third-order valence-corrected chi connectivity index (χ3v) is 4.64. The average molecular weight is 340 g/mol. The van der Waals surface area contributed by atoms with Crippen molar-refractivity contribution < 1.29 is 41.4 Å². The van der Waals surface area contributed by atoms with Crippen molar-refractivity contribution in [2.45, 2.75) is 56.3 Å². The average Bonchev–Trinajstić information content (AvgIpc) is 3.04. The summed E-state index contributed by atoms with van der Waals surface area (Å²) in [5.41, 5.74) is 0. The zero-order valence-corrected chi connectivity index (χ0v) is 12.3. The van der Waals surface area contributed by atoms with Crippen LogP contribution >= 0.6 is 0 Å². The lowest BCUT2D eigenvalue weighted by Gasteiger charge is -2.23. The van der Waals surface area contributed by atoms with E-state index in [0.717, 1.165) is 0 Å². The molecule has 0 N–H and O–H groups in total. The molecule has 5 nitrogen and oxygen atoms in total. The Hall–Kier alpha value is -1.38. The lowest BCUT2D eigenvalue weighted by Crippen LogP contribution is -2.39. The number of carbonyl (C=O) groups is 2. The summed E-state index contributed by atoms with van der Waals surface area (Å²) in [5.74, 6) is -10.5. The number of alkyl halides is 4. The van der Waals surface area contributed by atoms with Crippen LogP contribution in [0.5, 0.6) is 0 Å². The van der Waals surface area contributed by atoms with Gasteiger partial charge in [-0.05, 0) is 12.8 Å². The summed E-state index contributed by atoms with van der Waals surface area (Å²) in [5, 5.41) is 0. The topological polar surface area (TPSA) is 61.8 Å². The second-order valence-electron chi connectivity index (χ2n) is 6.27. The van der Waals surface area contributed by atoms with Crippen molar-refractivity contribution in [1.29, 1.82) is 0 Å². The Labute approximate surface area is 129 Å². The highest BCUT2D eigenvalue weighted by Gasteiger charge is 2.65. The third-order valence-electron chi connectivity index (χ3n) is 4.64. The summed E-state index contributed by atoms with van der Waals surface area (Å²) in [7, 11) is 0. The number of rotatable bonds is 6. The highest BCUT2D eigenvalue weighted by Crippen LogP contribution is 2.49. The van der Waals surface area contributed by atoms with Crippen molar-refractivity contribution in [3.05, 3.63) is 0 Å². The molecule has 0 aromatic carbocycles. The van der Waals surface area contributed by atoms with Crippen LogP contribution in [0.1, 0.15) is 26.2 Å². The molecular weight excluding hydrogens is 324 g/mol. The Kier molecular flexibility index (Phi) is 3.81. The highest BCUT2D eigenvalue weighted by atomic mass is 19.3. The summed E-state index contributed by atoms with van der Waals surface area (Å²) in [6, 6.07) is 0. The Morgan fingerprint density at radius 1 is 1.30 bits per heavy atom. The van der Waals surface area contributed by atoms with Gasteiger partial charge < -0.3 is 14.2 Å². The van der Waals surface area contributed by atoms with Crippen molar-refractivity contribution >= 4 is 11.9 Å². The Balaban J connectivity index is 1.47. The maximum absolute atomic E-state index is 13.1. The van der Waals surface area contributed by atoms with E-state index < -0.39 is 67.5 Å². The van der Waals surface area contributed by atoms with Gasteiger partial charge in [0.25, 0.3) is 0 Å². The largest absolute Gasteiger partial charge is 0.465 e. The van der Waals surface area contributed by atoms with E-state index in [1.165, 1.54) is 0 Å². The fourth-order valence-electron chi connectivity index (χ4n) is 3.35. The zero-order chi connectivity index (χ0) is 17.0. The molecule has 2 bridgehead atoms. The number of hydrogen-bond acceptors (Lipinski definition) is 5. The van der Waals surface area contributed by atoms with E-state index in [-0.39, 0.29) is 12.8 Å². The minimum Gasteiger partial charge on any atom is -0.465 e. The fraction of sp³-hybridized carbons (Fsp3) is 0.857. The van der Waals surface area contributed by atoms with Gasteiger partial charge in [0.2, 0.25) is 0 Å². The number of halogens is 4. The van der Waals surface area contributed by atoms with Crippen LogP contribution < -0.4 is 0 Å². The van der Waals surface area contributed by atoms with E-state index in [0.29, 0.717) is 6.42 Å². The molecule has 5 atom stereocenters. The molecule has 0 spiro atoms. The molecule has 3 aliphatic rings. The molecule has 130 valence electrons. The van der Waals surface area contributed by atoms with Crippen LogP contribution in [0.4, 0.5) is 17.6 Å². The summed E-state index contributed by atoms with van der Waals surface area (Å²) in [6.45, 7) is -0.251. The van der Waals surface area contributed by atoms with Crippen LogP contribution in [0.15, 0.2) is 0 Å². The highest BCUT2D eigenvalue weighted by molar-refractivity contribution is 5.82. The van der Waals surface area contributed by atoms with Gasteiger partial charge in [-0.1, -0.05) is 0 Å². The lowest BCUT2D eigenvalue weighted by molar-refractivity contribution is -0.202. The minimum atomic E-state index is -4.15. The van der Waals surface area contributed by atoms with Gasteiger partial charge in [0.05, 0.1) is 18.6 Å². The molecule has 0 radical (unpaired) electrons. The van der Waals surface area contributed by atoms with Crippen LogP contribution in [0, 0.1) is 11.8 Å². The Morgan fingerprint density at radius 2 is 2.00 bits per heavy atom. The van der Waals surface area contributed by atoms with Crippen LogP contribution in [0.2, 0.25) is 0 Å². The molecule has 3 heterocycles. The Morgan fingerprint density at radius 3 is 2.65 bits per heavy atom. The smallest absolute Gasteiger partial charge is 0.315 e. The molecule has 0 aromatic heterocycles. The van der Waals surface area contributed by atoms with Gasteiger partial charge in [-0.15, -0.1) is 0 Å². The standard InChI is InChI=1S/C14H16F4O5/c1-13(15,16)14(17,18)3-2-4-21-12(20)8-7-5-6-9(22-7)10(8)23-11(6)19/h6-10H,2-5H2,1H3. The number of esters is 2. The first kappa shape index (κ1) is 16.5. The second kappa shape index (κ2) is 5.32. The maximum Gasteiger partial charge on any atom is 0.315 e. The van der Waals surface area contributed by atoms with Gasteiger partial charge in [0.15, 0.2) is 0 Å². The van der Waals surface area contributed by atoms with Crippen molar-refractivity contribution in [1.82, 2.24) is 0 Å². The summed E-state index contributed by atoms with van der Waals surface area (Å²) >= 11 is 0. The normalized spacial score (nSPS) is 35.5. The van der Waals surface area contributed by atoms with Gasteiger partial charge >= 0.3 is 23.8 Å². The van der Waals surface area contributed by atoms with Gasteiger partial charge in [-0.2, -0.15) is 8.78 Å². The first-order chi connectivity index (χ1) is 10.6. The lowest BCUT2D eigenvalue weighted by atomic mass is 9.82. The van der Waals surface area contributed by atoms with E-state index in [2.05, 4.69) is 0 Å². The molecule has 3 rings (SSSR count). The minimum absolute atomic E-state index is 0.149. The molecule has 0 aliphatic carbocycles. The van der Waals surface area contributed by atoms with Gasteiger partial charge in [-0.3, -0.25) is 9.59 Å². The van der Waals surface area contributed by atoms with Gasteiger partial charge in [0, 0.05) is 13.3 Å². The van der Waals surface area contributed by atoms with Gasteiger partial charge in [-0.25, -0.2) is 8.78 Å². The fourth-order valence-corrected chi connectivity index (χ4v) is 3.35. The van der Waals surface area contributed by atoms with Crippen LogP contribution in [-0.4, -0.2) is 48.7 Å². The molecule has 23 heavy (non-hydrogen) atoms. The molecule has 0 aromatic rings. The van der Waals surface area contributed by atoms with Crippen molar-refractivity contribution in [3.63, 3.8) is 0 Å². The first-order valence-corrected chi connectivity index (χ1v) is 7.40. The zero-order valence-electron chi connectivity index (χ0n) is 12.3. The van der Waals surface area contributed by atoms with E-state index in [1.807, 2.05) is 0 Å². The molecule has 3 aliphatic heterocycles. The van der Waals surface area contributed by atoms with Crippen LogP contribution in [0.3, 0.4) is 0 Å². The van der Waals surface area contributed by atoms with Gasteiger partial charge in [0.1, 0.15) is 18.1 Å². The molecule has 0 amide bonds. The summed E-state index contributed by atoms with van der Waals surface area (Å²) < 4.78 is 66.9. The molecule has 9 heteroatoms. The number of carbonyl (C=O) groups excluding carboxylic acids is 2. The number of fused-ring (bicyclic) bond motifs is 1. The summed E-state index contributed by atoms with van der Waals surface area (Å²) in [6.07, 6.45) is -2.72. The Bertz CT molecular complexity index is 518. The van der Waals surface area contributed by atoms with Crippen LogP contribution in [0.25, 0.3) is 0 Å². The monoisotopic (exact) mass is 340 g/mol. The predicted molar refractivity (Wildman–Crippen MR) is 65.9 cm³/mol. The van der Waals surface area contributed by atoms with Crippen molar-refractivity contribution in [3.8, 4) is 0 Å². The van der Waals surface area contributed by atoms with E-state index in [9.17, 15) is 27.2 Å². The number of hydrogen-bond donors (Lipinski definition) is 0. The van der Waals surface area contributed by atoms with Crippen molar-refractivity contribution in [2.24, 2.45) is 11.8 Å². The molecular formula is C14H16F4O5. The summed E-state index contributed by atoms with van der Waals surface area (Å²) in [4.78, 5) is 23.5. The first-order valence-electron chi connectivity index (χ1n) is 7.40. The second-order valence-corrected chi connectivity index (χ2v) is 6.27. The quantitative estimate of drug-likeness (QED) is 0.420. The molecule has 3 saturated heterocycles. The third kappa shape index (κ3) is 2.68. The molecule has 0 saturated carbocycles. The van der Waals surface area contributed by atoms with E-state index in [1.54, 1.807) is 0 Å². The van der Waals surface area contributed by atoms with Crippen LogP contribution in [-0.2, 0) is 23.8 Å². The van der Waals surface area contributed by atoms with Crippen molar-refractivity contribution in [2.75, 3.05) is 6.61 Å². The van der Waals surface area contributed by atoms with E-state index in [4.69, 9.17) is 14.2 Å². The maximum atomic E-state index is 13.1. The SMILES string of the molecule is CC(F)(F)C(F)(F)CCCOC(=O)C1C2CC3C(=O)OC1C3O2. The number of ether oxygens (including phenoxy) is 3. The predicted octanol–water partition coefficient (Wildman–Crippen LogP) is 1.93.